The molecule has 9 aromatic carbocycles. The molecule has 0 saturated carbocycles. The molecular formula is C74H66N2O. The van der Waals surface area contributed by atoms with E-state index >= 15 is 0 Å². The maximum atomic E-state index is 6.93. The number of nitrogens with zero attached hydrogens (tertiary/aromatic N) is 2. The van der Waals surface area contributed by atoms with Crippen LogP contribution in [0.3, 0.4) is 0 Å². The van der Waals surface area contributed by atoms with Gasteiger partial charge >= 0.3 is 0 Å². The number of hydrogen-bond acceptors (Lipinski definition) is 3. The molecule has 0 N–H and O–H groups in total. The summed E-state index contributed by atoms with van der Waals surface area (Å²) in [5.74, 6) is 7.76. The van der Waals surface area contributed by atoms with E-state index in [2.05, 4.69) is 289 Å². The number of rotatable bonds is 10. The van der Waals surface area contributed by atoms with Gasteiger partial charge in [-0.2, -0.15) is 0 Å². The topological polar surface area (TPSA) is 19.6 Å². The minimum absolute atomic E-state index is 0.0367. The lowest BCUT2D eigenvalue weighted by Crippen LogP contribution is -2.17. The lowest BCUT2D eigenvalue weighted by molar-refractivity contribution is 0.482. The Balaban J connectivity index is 0.955. The molecule has 0 fully saturated rings. The zero-order valence-electron chi connectivity index (χ0n) is 45.7. The highest BCUT2D eigenvalue weighted by Gasteiger charge is 2.26. The lowest BCUT2D eigenvalue weighted by Gasteiger charge is -2.30. The summed E-state index contributed by atoms with van der Waals surface area (Å²) in [6.07, 6.45) is 9.63. The Morgan fingerprint density at radius 1 is 0.494 bits per heavy atom. The fourth-order valence-electron chi connectivity index (χ4n) is 11.3. The summed E-state index contributed by atoms with van der Waals surface area (Å²) < 4.78 is 6.93. The molecule has 10 aromatic rings. The van der Waals surface area contributed by atoms with Crippen molar-refractivity contribution in [3.8, 4) is 34.1 Å². The average Bonchev–Trinajstić information content (AvgIpc) is 3.77. The van der Waals surface area contributed by atoms with Crippen LogP contribution in [0.2, 0.25) is 0 Å². The first kappa shape index (κ1) is 49.3. The molecule has 77 heavy (non-hydrogen) atoms. The molecular weight excluding hydrogens is 933 g/mol. The summed E-state index contributed by atoms with van der Waals surface area (Å²) in [6, 6.07) is 71.3. The Labute approximate surface area is 455 Å². The molecule has 3 heteroatoms. The standard InChI is InChI=1S/C74H66N2O/c1-49(2)50-25-27-53(28-26-50)65-21-12-15-24-70(65)76(62-41-36-60(37-42-62)74(6,7)8)64-40-33-56-46-68-67-45-55-19-16-20-63(43-57(55)47-71(67)77-72(68)48-58(56)44-64)75(61-38-31-52(32-39-61)51-17-10-9-11-18-51)69-23-14-13-22-66(69)54-29-34-59(35-30-54)73(3,4)5/h9-15,17-18,21-29,31-34,36-49H,19,30,35H2,1-8H3. The second-order valence-corrected chi connectivity index (χ2v) is 23.4. The van der Waals surface area contributed by atoms with Crippen LogP contribution in [0, 0.1) is 17.3 Å². The van der Waals surface area contributed by atoms with Crippen molar-refractivity contribution in [2.75, 3.05) is 9.80 Å². The minimum atomic E-state index is 0.0367. The van der Waals surface area contributed by atoms with Crippen LogP contribution in [0.4, 0.5) is 28.4 Å². The van der Waals surface area contributed by atoms with E-state index in [0.29, 0.717) is 12.3 Å². The third kappa shape index (κ3) is 9.71. The van der Waals surface area contributed by atoms with E-state index < -0.39 is 0 Å². The van der Waals surface area contributed by atoms with Crippen LogP contribution >= 0.6 is 0 Å². The summed E-state index contributed by atoms with van der Waals surface area (Å²) >= 11 is 0. The fourth-order valence-corrected chi connectivity index (χ4v) is 11.3. The summed E-state index contributed by atoms with van der Waals surface area (Å²) in [6.45, 7) is 18.3. The fraction of sp³-hybridized carbons (Fsp3) is 0.189. The number of fused-ring (bicyclic) bond motifs is 5. The van der Waals surface area contributed by atoms with E-state index in [-0.39, 0.29) is 10.8 Å². The van der Waals surface area contributed by atoms with Gasteiger partial charge in [-0.3, -0.25) is 0 Å². The zero-order valence-corrected chi connectivity index (χ0v) is 45.7. The summed E-state index contributed by atoms with van der Waals surface area (Å²) in [5, 5.41) is 4.48. The maximum absolute atomic E-state index is 6.93. The van der Waals surface area contributed by atoms with E-state index in [0.717, 1.165) is 85.3 Å². The normalized spacial score (nSPS) is 13.6. The van der Waals surface area contributed by atoms with Crippen molar-refractivity contribution < 1.29 is 4.42 Å². The van der Waals surface area contributed by atoms with E-state index in [1.54, 1.807) is 0 Å². The van der Waals surface area contributed by atoms with Crippen LogP contribution in [-0.4, -0.2) is 0 Å². The van der Waals surface area contributed by atoms with Gasteiger partial charge in [0.2, 0.25) is 0 Å². The van der Waals surface area contributed by atoms with Crippen LogP contribution in [0.5, 0.6) is 0 Å². The largest absolute Gasteiger partial charge is 0.456 e. The van der Waals surface area contributed by atoms with Crippen LogP contribution in [0.1, 0.15) is 102 Å². The number of allylic oxidation sites excluding steroid dienone is 5. The third-order valence-corrected chi connectivity index (χ3v) is 15.8. The number of anilines is 5. The molecule has 0 bridgehead atoms. The zero-order chi connectivity index (χ0) is 53.0. The van der Waals surface area contributed by atoms with Gasteiger partial charge in [-0.25, -0.2) is 0 Å². The van der Waals surface area contributed by atoms with Gasteiger partial charge in [0, 0.05) is 45.4 Å². The predicted molar refractivity (Wildman–Crippen MR) is 329 cm³/mol. The SMILES string of the molecule is CC(C)c1ccc(-c2ccccc2N(c2ccc(C(C)(C)C)cc2)c2ccc3cc4c(cc3c2)oc2cc3c(cc24)CC#CC(N(c2ccc(-c4ccccc4)cc2)c2ccccc2C2=CC=C(C(C)(C)C)CC2)=C3)cc1. The van der Waals surface area contributed by atoms with Gasteiger partial charge < -0.3 is 14.2 Å². The first-order chi connectivity index (χ1) is 37.2. The molecule has 0 amide bonds. The third-order valence-electron chi connectivity index (χ3n) is 15.8. The summed E-state index contributed by atoms with van der Waals surface area (Å²) in [7, 11) is 0. The van der Waals surface area contributed by atoms with Gasteiger partial charge in [0.15, 0.2) is 0 Å². The molecule has 0 atom stereocenters. The van der Waals surface area contributed by atoms with E-state index in [1.165, 1.54) is 55.7 Å². The number of para-hydroxylation sites is 2. The molecule has 1 aromatic heterocycles. The highest BCUT2D eigenvalue weighted by atomic mass is 16.3. The molecule has 2 aliphatic rings. The monoisotopic (exact) mass is 999 g/mol. The van der Waals surface area contributed by atoms with E-state index in [1.807, 2.05) is 0 Å². The molecule has 0 aliphatic heterocycles. The van der Waals surface area contributed by atoms with Gasteiger partial charge in [-0.1, -0.05) is 200 Å². The first-order valence-electron chi connectivity index (χ1n) is 27.4. The van der Waals surface area contributed by atoms with Crippen LogP contribution < -0.4 is 9.80 Å². The highest BCUT2D eigenvalue weighted by Crippen LogP contribution is 2.46. The molecule has 1 heterocycles. The molecule has 12 rings (SSSR count). The Kier molecular flexibility index (Phi) is 12.7. The van der Waals surface area contributed by atoms with Crippen molar-refractivity contribution in [2.45, 2.75) is 86.0 Å². The number of furan rings is 1. The van der Waals surface area contributed by atoms with Crippen LogP contribution in [0.15, 0.2) is 222 Å². The Hall–Kier alpha value is -8.58. The van der Waals surface area contributed by atoms with Gasteiger partial charge in [-0.05, 0) is 170 Å². The molecule has 378 valence electrons. The van der Waals surface area contributed by atoms with Crippen LogP contribution in [-0.2, 0) is 11.8 Å². The van der Waals surface area contributed by atoms with E-state index in [4.69, 9.17) is 4.42 Å². The predicted octanol–water partition coefficient (Wildman–Crippen LogP) is 20.9. The first-order valence-corrected chi connectivity index (χ1v) is 27.4. The van der Waals surface area contributed by atoms with Gasteiger partial charge in [0.1, 0.15) is 11.2 Å². The smallest absolute Gasteiger partial charge is 0.136 e. The van der Waals surface area contributed by atoms with Gasteiger partial charge in [-0.15, -0.1) is 0 Å². The average molecular weight is 999 g/mol. The Morgan fingerprint density at radius 3 is 1.79 bits per heavy atom. The lowest BCUT2D eigenvalue weighted by atomic mass is 9.79. The molecule has 0 spiro atoms. The molecule has 3 nitrogen and oxygen atoms in total. The van der Waals surface area contributed by atoms with Crippen molar-refractivity contribution in [1.29, 1.82) is 0 Å². The second-order valence-electron chi connectivity index (χ2n) is 23.4. The van der Waals surface area contributed by atoms with Crippen molar-refractivity contribution >= 4 is 72.8 Å². The molecule has 2 aliphatic carbocycles. The quantitative estimate of drug-likeness (QED) is 0.127. The van der Waals surface area contributed by atoms with Crippen LogP contribution in [0.25, 0.3) is 66.6 Å². The molecule has 0 unspecified atom stereocenters. The Bertz CT molecular complexity index is 4030. The van der Waals surface area contributed by atoms with Crippen molar-refractivity contribution in [1.82, 2.24) is 0 Å². The van der Waals surface area contributed by atoms with Crippen molar-refractivity contribution in [2.24, 2.45) is 5.41 Å². The van der Waals surface area contributed by atoms with E-state index in [9.17, 15) is 0 Å². The molecule has 0 saturated heterocycles. The summed E-state index contributed by atoms with van der Waals surface area (Å²) in [4.78, 5) is 4.78. The Morgan fingerprint density at radius 2 is 1.10 bits per heavy atom. The van der Waals surface area contributed by atoms with Gasteiger partial charge in [0.25, 0.3) is 0 Å². The van der Waals surface area contributed by atoms with Crippen molar-refractivity contribution in [3.05, 3.63) is 245 Å². The minimum Gasteiger partial charge on any atom is -0.456 e. The summed E-state index contributed by atoms with van der Waals surface area (Å²) in [5.41, 5.74) is 22.0. The second kappa shape index (κ2) is 19.8. The molecule has 0 radical (unpaired) electrons. The maximum Gasteiger partial charge on any atom is 0.136 e. The van der Waals surface area contributed by atoms with Gasteiger partial charge in [0.05, 0.1) is 17.1 Å². The number of hydrogen-bond donors (Lipinski definition) is 0. The van der Waals surface area contributed by atoms with Crippen molar-refractivity contribution in [3.63, 3.8) is 0 Å². The number of benzene rings is 9. The highest BCUT2D eigenvalue weighted by molar-refractivity contribution is 6.11.